The van der Waals surface area contributed by atoms with Crippen LogP contribution in [0.15, 0.2) is 42.6 Å². The maximum atomic E-state index is 12.6. The molecule has 0 unspecified atom stereocenters. The molecule has 1 aliphatic heterocycles. The first kappa shape index (κ1) is 25.8. The summed E-state index contributed by atoms with van der Waals surface area (Å²) in [4.78, 5) is 29.6. The molecule has 1 aliphatic rings. The number of nitrogens with one attached hydrogen (secondary N) is 1. The van der Waals surface area contributed by atoms with E-state index in [4.69, 9.17) is 21.1 Å². The number of hydrogen-bond acceptors (Lipinski definition) is 8. The molecule has 0 atom stereocenters. The summed E-state index contributed by atoms with van der Waals surface area (Å²) >= 11 is 1.49. The number of nitrogens with zero attached hydrogens (tertiary/aromatic N) is 5. The molecule has 0 radical (unpaired) electrons. The Morgan fingerprint density at radius 1 is 1.11 bits per heavy atom. The Morgan fingerprint density at radius 2 is 1.83 bits per heavy atom. The van der Waals surface area contributed by atoms with Gasteiger partial charge in [-0.05, 0) is 38.2 Å². The fraction of sp³-hybridized carbons (Fsp3) is 0.407. The molecule has 8 nitrogen and oxygen atoms in total. The molecular formula is C27H35N7OS. The Labute approximate surface area is 217 Å². The van der Waals surface area contributed by atoms with Crippen molar-refractivity contribution in [1.82, 2.24) is 19.8 Å². The fourth-order valence-corrected chi connectivity index (χ4v) is 5.36. The average molecular weight is 506 g/mol. The van der Waals surface area contributed by atoms with E-state index in [-0.39, 0.29) is 5.91 Å². The standard InChI is InChI=1S/C27H35N7OS/c1-4-32(5-2)13-12-24(35)34-16-14-33(15-17-34)23-11-10-20(18-30-23)26-19(3)36-27(31-26)25(29)21-8-6-7-9-22(21)28/h6-11,18,29H,4-5,12-17,28H2,1-3H3. The molecule has 0 bridgehead atoms. The summed E-state index contributed by atoms with van der Waals surface area (Å²) in [7, 11) is 0. The van der Waals surface area contributed by atoms with E-state index in [2.05, 4.69) is 23.6 Å². The first-order valence-electron chi connectivity index (χ1n) is 12.5. The van der Waals surface area contributed by atoms with Crippen molar-refractivity contribution < 1.29 is 4.79 Å². The molecule has 1 amide bonds. The van der Waals surface area contributed by atoms with Crippen molar-refractivity contribution in [2.24, 2.45) is 0 Å². The molecule has 1 fully saturated rings. The number of benzene rings is 1. The van der Waals surface area contributed by atoms with Crippen LogP contribution in [0.5, 0.6) is 0 Å². The summed E-state index contributed by atoms with van der Waals surface area (Å²) < 4.78 is 0. The lowest BCUT2D eigenvalue weighted by atomic mass is 10.1. The second-order valence-electron chi connectivity index (χ2n) is 8.94. The summed E-state index contributed by atoms with van der Waals surface area (Å²) in [5, 5.41) is 9.23. The minimum absolute atomic E-state index is 0.238. The number of rotatable bonds is 9. The molecule has 36 heavy (non-hydrogen) atoms. The second-order valence-corrected chi connectivity index (χ2v) is 10.1. The number of nitrogen functional groups attached to an aromatic ring is 1. The highest BCUT2D eigenvalue weighted by atomic mass is 32.1. The van der Waals surface area contributed by atoms with Crippen molar-refractivity contribution in [3.05, 3.63) is 58.0 Å². The summed E-state index contributed by atoms with van der Waals surface area (Å²) in [5.41, 5.74) is 9.44. The van der Waals surface area contributed by atoms with Crippen molar-refractivity contribution >= 4 is 34.5 Å². The normalized spacial score (nSPS) is 13.9. The van der Waals surface area contributed by atoms with Crippen molar-refractivity contribution in [3.8, 4) is 11.3 Å². The SMILES string of the molecule is CCN(CC)CCC(=O)N1CCN(c2ccc(-c3nc(C(=N)c4ccccc4N)sc3C)cn2)CC1. The Morgan fingerprint density at radius 3 is 2.47 bits per heavy atom. The predicted molar refractivity (Wildman–Crippen MR) is 148 cm³/mol. The lowest BCUT2D eigenvalue weighted by Gasteiger charge is -2.35. The Kier molecular flexibility index (Phi) is 8.32. The van der Waals surface area contributed by atoms with E-state index in [0.717, 1.165) is 67.8 Å². The van der Waals surface area contributed by atoms with Gasteiger partial charge in [0.05, 0.1) is 11.4 Å². The Bertz CT molecular complexity index is 1200. The number of anilines is 2. The van der Waals surface area contributed by atoms with E-state index < -0.39 is 0 Å². The van der Waals surface area contributed by atoms with Gasteiger partial charge in [-0.3, -0.25) is 10.2 Å². The number of carbonyl (C=O) groups excluding carboxylic acids is 1. The van der Waals surface area contributed by atoms with Gasteiger partial charge in [-0.25, -0.2) is 9.97 Å². The van der Waals surface area contributed by atoms with Crippen molar-refractivity contribution in [1.29, 1.82) is 5.41 Å². The molecule has 3 N–H and O–H groups in total. The molecule has 190 valence electrons. The highest BCUT2D eigenvalue weighted by Crippen LogP contribution is 2.30. The van der Waals surface area contributed by atoms with Gasteiger partial charge in [0.25, 0.3) is 0 Å². The molecule has 4 rings (SSSR count). The lowest BCUT2D eigenvalue weighted by Crippen LogP contribution is -2.49. The van der Waals surface area contributed by atoms with Crippen molar-refractivity contribution in [3.63, 3.8) is 0 Å². The third-order valence-electron chi connectivity index (χ3n) is 6.75. The summed E-state index contributed by atoms with van der Waals surface area (Å²) in [5.74, 6) is 1.15. The largest absolute Gasteiger partial charge is 0.398 e. The van der Waals surface area contributed by atoms with E-state index in [1.807, 2.05) is 48.4 Å². The molecule has 2 aromatic heterocycles. The van der Waals surface area contributed by atoms with Gasteiger partial charge < -0.3 is 20.4 Å². The molecular weight excluding hydrogens is 470 g/mol. The fourth-order valence-electron chi connectivity index (χ4n) is 4.46. The second kappa shape index (κ2) is 11.6. The van der Waals surface area contributed by atoms with Gasteiger partial charge in [-0.15, -0.1) is 11.3 Å². The zero-order valence-corrected chi connectivity index (χ0v) is 22.1. The zero-order chi connectivity index (χ0) is 25.7. The van der Waals surface area contributed by atoms with Gasteiger partial charge >= 0.3 is 0 Å². The molecule has 3 aromatic rings. The number of hydrogen-bond donors (Lipinski definition) is 2. The maximum absolute atomic E-state index is 12.6. The third-order valence-corrected chi connectivity index (χ3v) is 7.74. The van der Waals surface area contributed by atoms with Gasteiger partial charge in [0.15, 0.2) is 0 Å². The van der Waals surface area contributed by atoms with Gasteiger partial charge in [-0.2, -0.15) is 0 Å². The van der Waals surface area contributed by atoms with Crippen LogP contribution in [0.1, 0.15) is 35.7 Å². The number of nitrogens with two attached hydrogens (primary N) is 1. The summed E-state index contributed by atoms with van der Waals surface area (Å²) in [6.07, 6.45) is 2.43. The minimum Gasteiger partial charge on any atom is -0.398 e. The number of thiazole rings is 1. The van der Waals surface area contributed by atoms with Gasteiger partial charge in [0.1, 0.15) is 10.8 Å². The number of para-hydroxylation sites is 1. The average Bonchev–Trinajstić information content (AvgIpc) is 3.30. The van der Waals surface area contributed by atoms with Crippen LogP contribution in [0.4, 0.5) is 11.5 Å². The monoisotopic (exact) mass is 505 g/mol. The minimum atomic E-state index is 0.238. The van der Waals surface area contributed by atoms with Gasteiger partial charge in [-0.1, -0.05) is 32.0 Å². The van der Waals surface area contributed by atoms with Crippen LogP contribution in [-0.4, -0.2) is 77.2 Å². The highest BCUT2D eigenvalue weighted by molar-refractivity contribution is 7.14. The predicted octanol–water partition coefficient (Wildman–Crippen LogP) is 3.89. The van der Waals surface area contributed by atoms with E-state index in [9.17, 15) is 4.79 Å². The summed E-state index contributed by atoms with van der Waals surface area (Å²) in [6, 6.07) is 11.5. The van der Waals surface area contributed by atoms with E-state index >= 15 is 0 Å². The van der Waals surface area contributed by atoms with Crippen LogP contribution < -0.4 is 10.6 Å². The molecule has 0 spiro atoms. The molecule has 1 aromatic carbocycles. The molecule has 3 heterocycles. The maximum Gasteiger partial charge on any atom is 0.223 e. The third kappa shape index (κ3) is 5.74. The van der Waals surface area contributed by atoms with Crippen LogP contribution in [0.2, 0.25) is 0 Å². The van der Waals surface area contributed by atoms with Crippen LogP contribution in [0.3, 0.4) is 0 Å². The molecule has 1 saturated heterocycles. The number of amides is 1. The van der Waals surface area contributed by atoms with Crippen LogP contribution in [-0.2, 0) is 4.79 Å². The molecule has 0 aliphatic carbocycles. The van der Waals surface area contributed by atoms with E-state index in [0.29, 0.717) is 28.4 Å². The van der Waals surface area contributed by atoms with E-state index in [1.54, 1.807) is 6.07 Å². The smallest absolute Gasteiger partial charge is 0.223 e. The zero-order valence-electron chi connectivity index (χ0n) is 21.3. The topological polar surface area (TPSA) is 102 Å². The van der Waals surface area contributed by atoms with Crippen LogP contribution in [0.25, 0.3) is 11.3 Å². The highest BCUT2D eigenvalue weighted by Gasteiger charge is 2.22. The van der Waals surface area contributed by atoms with E-state index in [1.165, 1.54) is 11.3 Å². The number of aromatic nitrogens is 2. The molecule has 9 heteroatoms. The lowest BCUT2D eigenvalue weighted by molar-refractivity contribution is -0.131. The van der Waals surface area contributed by atoms with Crippen LogP contribution in [0, 0.1) is 12.3 Å². The first-order chi connectivity index (χ1) is 17.4. The summed E-state index contributed by atoms with van der Waals surface area (Å²) in [6.45, 7) is 12.1. The number of pyridine rings is 1. The first-order valence-corrected chi connectivity index (χ1v) is 13.4. The number of carbonyl (C=O) groups is 1. The number of aryl methyl sites for hydroxylation is 1. The van der Waals surface area contributed by atoms with Gasteiger partial charge in [0, 0.05) is 67.0 Å². The quantitative estimate of drug-likeness (QED) is 0.338. The molecule has 0 saturated carbocycles. The van der Waals surface area contributed by atoms with Crippen molar-refractivity contribution in [2.75, 3.05) is 56.4 Å². The van der Waals surface area contributed by atoms with Crippen LogP contribution >= 0.6 is 11.3 Å². The Hall–Kier alpha value is -3.30. The van der Waals surface area contributed by atoms with Crippen molar-refractivity contribution in [2.45, 2.75) is 27.2 Å². The van der Waals surface area contributed by atoms with Gasteiger partial charge in [0.2, 0.25) is 5.91 Å². The Balaban J connectivity index is 1.37. The number of piperazine rings is 1.